The molecule has 2 unspecified atom stereocenters. The standard InChI is InChI=1S/C14H18F2O/c1-2-10-5-4-8-14(17,9-10)11-6-3-7-12(15)13(11)16/h3,6-7,10,17H,2,4-5,8-9H2,1H3. The monoisotopic (exact) mass is 240 g/mol. The first-order chi connectivity index (χ1) is 8.07. The first-order valence-electron chi connectivity index (χ1n) is 6.23. The Hall–Kier alpha value is -0.960. The first-order valence-corrected chi connectivity index (χ1v) is 6.23. The van der Waals surface area contributed by atoms with E-state index in [1.165, 1.54) is 12.1 Å². The predicted octanol–water partition coefficient (Wildman–Crippen LogP) is 3.75. The number of hydrogen-bond donors (Lipinski definition) is 1. The molecule has 0 amide bonds. The van der Waals surface area contributed by atoms with E-state index in [0.29, 0.717) is 18.8 Å². The zero-order valence-electron chi connectivity index (χ0n) is 10.0. The van der Waals surface area contributed by atoms with Gasteiger partial charge in [0.25, 0.3) is 0 Å². The lowest BCUT2D eigenvalue weighted by Crippen LogP contribution is -2.33. The maximum absolute atomic E-state index is 13.7. The molecule has 1 aromatic rings. The van der Waals surface area contributed by atoms with Crippen LogP contribution in [0.4, 0.5) is 8.78 Å². The Morgan fingerprint density at radius 1 is 1.41 bits per heavy atom. The third-order valence-corrected chi connectivity index (χ3v) is 3.86. The quantitative estimate of drug-likeness (QED) is 0.834. The van der Waals surface area contributed by atoms with Gasteiger partial charge in [-0.25, -0.2) is 8.78 Å². The van der Waals surface area contributed by atoms with Gasteiger partial charge in [-0.15, -0.1) is 0 Å². The molecule has 0 saturated heterocycles. The van der Waals surface area contributed by atoms with Crippen molar-refractivity contribution in [1.29, 1.82) is 0 Å². The topological polar surface area (TPSA) is 20.2 Å². The highest BCUT2D eigenvalue weighted by molar-refractivity contribution is 5.26. The van der Waals surface area contributed by atoms with Crippen molar-refractivity contribution in [3.05, 3.63) is 35.4 Å². The highest BCUT2D eigenvalue weighted by atomic mass is 19.2. The fourth-order valence-electron chi connectivity index (χ4n) is 2.82. The molecule has 0 spiro atoms. The number of hydrogen-bond acceptors (Lipinski definition) is 1. The third-order valence-electron chi connectivity index (χ3n) is 3.86. The van der Waals surface area contributed by atoms with Crippen molar-refractivity contribution in [2.45, 2.75) is 44.6 Å². The molecule has 1 nitrogen and oxygen atoms in total. The summed E-state index contributed by atoms with van der Waals surface area (Å²) in [5.41, 5.74) is -1.07. The van der Waals surface area contributed by atoms with E-state index >= 15 is 0 Å². The minimum atomic E-state index is -1.19. The summed E-state index contributed by atoms with van der Waals surface area (Å²) >= 11 is 0. The molecule has 0 aromatic heterocycles. The van der Waals surface area contributed by atoms with Gasteiger partial charge in [0.1, 0.15) is 0 Å². The van der Waals surface area contributed by atoms with Gasteiger partial charge in [0.15, 0.2) is 11.6 Å². The summed E-state index contributed by atoms with van der Waals surface area (Å²) < 4.78 is 26.9. The van der Waals surface area contributed by atoms with Crippen LogP contribution in [0.5, 0.6) is 0 Å². The predicted molar refractivity (Wildman–Crippen MR) is 62.5 cm³/mol. The Bertz CT molecular complexity index is 405. The maximum atomic E-state index is 13.7. The average Bonchev–Trinajstić information content (AvgIpc) is 2.32. The van der Waals surface area contributed by atoms with Crippen LogP contribution >= 0.6 is 0 Å². The first kappa shape index (κ1) is 12.5. The van der Waals surface area contributed by atoms with E-state index in [2.05, 4.69) is 6.92 Å². The molecule has 1 aliphatic rings. The van der Waals surface area contributed by atoms with E-state index in [9.17, 15) is 13.9 Å². The van der Waals surface area contributed by atoms with Gasteiger partial charge in [-0.1, -0.05) is 31.9 Å². The molecule has 2 rings (SSSR count). The van der Waals surface area contributed by atoms with Crippen molar-refractivity contribution in [1.82, 2.24) is 0 Å². The van der Waals surface area contributed by atoms with Crippen LogP contribution in [-0.2, 0) is 5.60 Å². The molecule has 1 aromatic carbocycles. The Kier molecular flexibility index (Phi) is 3.48. The van der Waals surface area contributed by atoms with Crippen LogP contribution in [0.15, 0.2) is 18.2 Å². The zero-order chi connectivity index (χ0) is 12.5. The van der Waals surface area contributed by atoms with Crippen LogP contribution in [0.1, 0.15) is 44.6 Å². The number of halogens is 2. The molecular formula is C14H18F2O. The molecule has 0 heterocycles. The fraction of sp³-hybridized carbons (Fsp3) is 0.571. The lowest BCUT2D eigenvalue weighted by atomic mass is 9.73. The summed E-state index contributed by atoms with van der Waals surface area (Å²) in [4.78, 5) is 0. The Morgan fingerprint density at radius 2 is 2.18 bits per heavy atom. The highest BCUT2D eigenvalue weighted by Crippen LogP contribution is 2.42. The highest BCUT2D eigenvalue weighted by Gasteiger charge is 2.37. The molecule has 1 aliphatic carbocycles. The third kappa shape index (κ3) is 2.34. The van der Waals surface area contributed by atoms with E-state index in [1.54, 1.807) is 0 Å². The summed E-state index contributed by atoms with van der Waals surface area (Å²) in [6, 6.07) is 4.04. The summed E-state index contributed by atoms with van der Waals surface area (Å²) in [6.07, 6.45) is 3.95. The molecule has 0 bridgehead atoms. The second-order valence-corrected chi connectivity index (χ2v) is 5.00. The number of benzene rings is 1. The van der Waals surface area contributed by atoms with Crippen molar-refractivity contribution in [2.75, 3.05) is 0 Å². The lowest BCUT2D eigenvalue weighted by molar-refractivity contribution is -0.0249. The minimum Gasteiger partial charge on any atom is -0.385 e. The summed E-state index contributed by atoms with van der Waals surface area (Å²) in [5, 5.41) is 10.5. The van der Waals surface area contributed by atoms with E-state index < -0.39 is 17.2 Å². The fourth-order valence-corrected chi connectivity index (χ4v) is 2.82. The Morgan fingerprint density at radius 3 is 2.88 bits per heavy atom. The molecule has 1 saturated carbocycles. The van der Waals surface area contributed by atoms with Crippen molar-refractivity contribution >= 4 is 0 Å². The maximum Gasteiger partial charge on any atom is 0.164 e. The average molecular weight is 240 g/mol. The van der Waals surface area contributed by atoms with E-state index in [4.69, 9.17) is 0 Å². The van der Waals surface area contributed by atoms with Gasteiger partial charge >= 0.3 is 0 Å². The zero-order valence-corrected chi connectivity index (χ0v) is 10.0. The normalized spacial score (nSPS) is 29.3. The second-order valence-electron chi connectivity index (χ2n) is 5.00. The van der Waals surface area contributed by atoms with Gasteiger partial charge in [-0.2, -0.15) is 0 Å². The Balaban J connectivity index is 2.33. The molecule has 1 N–H and O–H groups in total. The summed E-state index contributed by atoms with van der Waals surface area (Å²) in [6.45, 7) is 2.07. The van der Waals surface area contributed by atoms with Crippen LogP contribution in [0.25, 0.3) is 0 Å². The van der Waals surface area contributed by atoms with E-state index in [-0.39, 0.29) is 5.56 Å². The van der Waals surface area contributed by atoms with Crippen LogP contribution in [-0.4, -0.2) is 5.11 Å². The number of aliphatic hydroxyl groups is 1. The summed E-state index contributed by atoms with van der Waals surface area (Å²) in [7, 11) is 0. The summed E-state index contributed by atoms with van der Waals surface area (Å²) in [5.74, 6) is -1.38. The molecule has 17 heavy (non-hydrogen) atoms. The van der Waals surface area contributed by atoms with E-state index in [0.717, 1.165) is 25.3 Å². The van der Waals surface area contributed by atoms with Gasteiger partial charge in [0.05, 0.1) is 5.60 Å². The molecular weight excluding hydrogens is 222 g/mol. The Labute approximate surface area is 100 Å². The SMILES string of the molecule is CCC1CCCC(O)(c2cccc(F)c2F)C1. The molecule has 2 atom stereocenters. The second kappa shape index (κ2) is 4.73. The molecule has 3 heteroatoms. The van der Waals surface area contributed by atoms with Crippen LogP contribution in [0.2, 0.25) is 0 Å². The van der Waals surface area contributed by atoms with Crippen LogP contribution < -0.4 is 0 Å². The smallest absolute Gasteiger partial charge is 0.164 e. The van der Waals surface area contributed by atoms with Gasteiger partial charge < -0.3 is 5.11 Å². The van der Waals surface area contributed by atoms with Crippen molar-refractivity contribution in [3.8, 4) is 0 Å². The van der Waals surface area contributed by atoms with Crippen molar-refractivity contribution < 1.29 is 13.9 Å². The molecule has 1 fully saturated rings. The minimum absolute atomic E-state index is 0.121. The molecule has 94 valence electrons. The number of rotatable bonds is 2. The molecule has 0 radical (unpaired) electrons. The van der Waals surface area contributed by atoms with Gasteiger partial charge in [-0.3, -0.25) is 0 Å². The van der Waals surface area contributed by atoms with Gasteiger partial charge in [0, 0.05) is 5.56 Å². The van der Waals surface area contributed by atoms with Crippen molar-refractivity contribution in [2.24, 2.45) is 5.92 Å². The van der Waals surface area contributed by atoms with Crippen LogP contribution in [0, 0.1) is 17.6 Å². The van der Waals surface area contributed by atoms with Gasteiger partial charge in [0.2, 0.25) is 0 Å². The largest absolute Gasteiger partial charge is 0.385 e. The lowest BCUT2D eigenvalue weighted by Gasteiger charge is -2.37. The van der Waals surface area contributed by atoms with Crippen molar-refractivity contribution in [3.63, 3.8) is 0 Å². The molecule has 0 aliphatic heterocycles. The van der Waals surface area contributed by atoms with E-state index in [1.807, 2.05) is 0 Å². The van der Waals surface area contributed by atoms with Gasteiger partial charge in [-0.05, 0) is 31.2 Å². The van der Waals surface area contributed by atoms with Crippen LogP contribution in [0.3, 0.4) is 0 Å².